The van der Waals surface area contributed by atoms with Crippen molar-refractivity contribution >= 4 is 45.7 Å². The molecule has 0 saturated carbocycles. The van der Waals surface area contributed by atoms with Crippen LogP contribution in [0.15, 0.2) is 109 Å². The Labute approximate surface area is 314 Å². The molecule has 0 aliphatic rings. The van der Waals surface area contributed by atoms with Gasteiger partial charge in [0.15, 0.2) is 0 Å². The molecule has 0 aromatic heterocycles. The van der Waals surface area contributed by atoms with Crippen LogP contribution < -0.4 is 9.80 Å². The van der Waals surface area contributed by atoms with Gasteiger partial charge in [-0.15, -0.1) is 0 Å². The molecule has 5 aromatic rings. The van der Waals surface area contributed by atoms with Gasteiger partial charge < -0.3 is 9.80 Å². The Morgan fingerprint density at radius 2 is 0.608 bits per heavy atom. The molecular weight excluding hydrogens is 640 g/mol. The van der Waals surface area contributed by atoms with E-state index >= 15 is 0 Å². The van der Waals surface area contributed by atoms with Gasteiger partial charge in [-0.3, -0.25) is 0 Å². The summed E-state index contributed by atoms with van der Waals surface area (Å²) in [5.74, 6) is 0. The molecule has 51 heavy (non-hydrogen) atoms. The molecule has 0 N–H and O–H groups in total. The van der Waals surface area contributed by atoms with E-state index < -0.39 is 0 Å². The van der Waals surface area contributed by atoms with Crippen LogP contribution in [0.25, 0.3) is 0 Å². The summed E-state index contributed by atoms with van der Waals surface area (Å²) < 4.78 is 0. The maximum atomic E-state index is 7.76. The molecular formula is C48H59ClN2. The normalized spacial score (nSPS) is 12.6. The van der Waals surface area contributed by atoms with Crippen molar-refractivity contribution in [1.29, 1.82) is 0 Å². The number of benzene rings is 5. The lowest BCUT2D eigenvalue weighted by Gasteiger charge is -2.33. The average Bonchev–Trinajstić information content (AvgIpc) is 3.06. The first-order valence-corrected chi connectivity index (χ1v) is 18.9. The zero-order chi connectivity index (χ0) is 37.5. The van der Waals surface area contributed by atoms with Crippen molar-refractivity contribution in [3.8, 4) is 0 Å². The summed E-state index contributed by atoms with van der Waals surface area (Å²) in [5, 5.41) is 0.701. The van der Waals surface area contributed by atoms with Gasteiger partial charge in [-0.1, -0.05) is 150 Å². The van der Waals surface area contributed by atoms with E-state index in [0.717, 1.165) is 40.5 Å². The Balaban J connectivity index is 1.77. The van der Waals surface area contributed by atoms with E-state index in [2.05, 4.69) is 209 Å². The number of anilines is 6. The highest BCUT2D eigenvalue weighted by Crippen LogP contribution is 2.48. The highest BCUT2D eigenvalue weighted by molar-refractivity contribution is 6.36. The van der Waals surface area contributed by atoms with E-state index in [-0.39, 0.29) is 21.7 Å². The second-order valence-electron chi connectivity index (χ2n) is 18.2. The summed E-state index contributed by atoms with van der Waals surface area (Å²) in [5.41, 5.74) is 12.8. The van der Waals surface area contributed by atoms with Crippen LogP contribution in [0, 0.1) is 0 Å². The predicted molar refractivity (Wildman–Crippen MR) is 225 cm³/mol. The first-order valence-electron chi connectivity index (χ1n) is 18.5. The van der Waals surface area contributed by atoms with Crippen molar-refractivity contribution in [2.24, 2.45) is 0 Å². The van der Waals surface area contributed by atoms with E-state index in [1.165, 1.54) is 27.8 Å². The van der Waals surface area contributed by atoms with E-state index in [9.17, 15) is 0 Å². The summed E-state index contributed by atoms with van der Waals surface area (Å²) in [4.78, 5) is 4.65. The molecule has 0 radical (unpaired) electrons. The molecule has 5 rings (SSSR count). The molecule has 0 atom stereocenters. The summed E-state index contributed by atoms with van der Waals surface area (Å²) in [6.07, 6.45) is 0.872. The SMILES string of the molecule is CCc1cc(N(c2ccc(C(C)(C)C)cc2)c2ccc(C(C)(C)C)cc2)c(Cl)c(N(c2ccc(C(C)(C)C)cc2)c2ccc(C(C)(C)C)cc2)c1. The van der Waals surface area contributed by atoms with Gasteiger partial charge >= 0.3 is 0 Å². The molecule has 3 heteroatoms. The molecule has 0 fully saturated rings. The van der Waals surface area contributed by atoms with Crippen molar-refractivity contribution < 1.29 is 0 Å². The molecule has 0 saturated heterocycles. The van der Waals surface area contributed by atoms with Gasteiger partial charge in [0.25, 0.3) is 0 Å². The van der Waals surface area contributed by atoms with Crippen molar-refractivity contribution in [2.45, 2.75) is 118 Å². The first-order chi connectivity index (χ1) is 23.7. The molecule has 0 aliphatic carbocycles. The highest BCUT2D eigenvalue weighted by atomic mass is 35.5. The average molecular weight is 699 g/mol. The number of rotatable bonds is 7. The highest BCUT2D eigenvalue weighted by Gasteiger charge is 2.26. The fraction of sp³-hybridized carbons (Fsp3) is 0.375. The van der Waals surface area contributed by atoms with E-state index in [4.69, 9.17) is 11.6 Å². The predicted octanol–water partition coefficient (Wildman–Crippen LogP) is 15.0. The van der Waals surface area contributed by atoms with Crippen molar-refractivity contribution in [3.05, 3.63) is 142 Å². The molecule has 0 heterocycles. The van der Waals surface area contributed by atoms with Gasteiger partial charge in [0.2, 0.25) is 0 Å². The van der Waals surface area contributed by atoms with Crippen LogP contribution in [0.3, 0.4) is 0 Å². The van der Waals surface area contributed by atoms with E-state index in [1.807, 2.05) is 0 Å². The summed E-state index contributed by atoms with van der Waals surface area (Å²) in [7, 11) is 0. The topological polar surface area (TPSA) is 6.48 Å². The Morgan fingerprint density at radius 3 is 0.784 bits per heavy atom. The molecule has 0 aliphatic heterocycles. The van der Waals surface area contributed by atoms with Gasteiger partial charge in [-0.25, -0.2) is 0 Å². The Kier molecular flexibility index (Phi) is 10.6. The molecule has 0 spiro atoms. The number of nitrogens with zero attached hydrogens (tertiary/aromatic N) is 2. The minimum Gasteiger partial charge on any atom is -0.309 e. The fourth-order valence-electron chi connectivity index (χ4n) is 6.48. The van der Waals surface area contributed by atoms with Crippen LogP contribution in [0.5, 0.6) is 0 Å². The van der Waals surface area contributed by atoms with E-state index in [1.54, 1.807) is 0 Å². The third kappa shape index (κ3) is 8.56. The maximum Gasteiger partial charge on any atom is 0.0887 e. The third-order valence-electron chi connectivity index (χ3n) is 9.95. The summed E-state index contributed by atoms with van der Waals surface area (Å²) in [6, 6.07) is 40.5. The fourth-order valence-corrected chi connectivity index (χ4v) is 6.75. The largest absolute Gasteiger partial charge is 0.309 e. The molecule has 5 aromatic carbocycles. The van der Waals surface area contributed by atoms with Gasteiger partial charge in [-0.2, -0.15) is 0 Å². The van der Waals surface area contributed by atoms with Crippen molar-refractivity contribution in [2.75, 3.05) is 9.80 Å². The van der Waals surface area contributed by atoms with Crippen LogP contribution in [-0.2, 0) is 28.1 Å². The first kappa shape index (κ1) is 38.2. The van der Waals surface area contributed by atoms with Crippen LogP contribution in [0.2, 0.25) is 5.02 Å². The molecule has 0 amide bonds. The third-order valence-corrected chi connectivity index (χ3v) is 10.3. The zero-order valence-corrected chi connectivity index (χ0v) is 34.1. The molecule has 0 bridgehead atoms. The second kappa shape index (κ2) is 14.2. The molecule has 2 nitrogen and oxygen atoms in total. The minimum absolute atomic E-state index is 0.0518. The Morgan fingerprint density at radius 1 is 0.392 bits per heavy atom. The molecule has 268 valence electrons. The lowest BCUT2D eigenvalue weighted by atomic mass is 9.86. The van der Waals surface area contributed by atoms with Crippen LogP contribution in [0.1, 0.15) is 118 Å². The lowest BCUT2D eigenvalue weighted by Crippen LogP contribution is -2.17. The quantitative estimate of drug-likeness (QED) is 0.167. The summed E-state index contributed by atoms with van der Waals surface area (Å²) in [6.45, 7) is 29.3. The number of aryl methyl sites for hydroxylation is 1. The maximum absolute atomic E-state index is 7.76. The zero-order valence-electron chi connectivity index (χ0n) is 33.4. The van der Waals surface area contributed by atoms with Crippen LogP contribution >= 0.6 is 11.6 Å². The second-order valence-corrected chi connectivity index (χ2v) is 18.5. The van der Waals surface area contributed by atoms with Crippen molar-refractivity contribution in [3.63, 3.8) is 0 Å². The standard InChI is InChI=1S/C48H59ClN2/c1-14-33-31-42(50(38-23-15-34(16-24-38)45(2,3)4)39-25-17-35(18-26-39)46(5,6)7)44(49)43(32-33)51(40-27-19-36(20-28-40)47(8,9)10)41-29-21-37(22-30-41)48(11,12)13/h15-32H,14H2,1-13H3. The van der Waals surface area contributed by atoms with Crippen LogP contribution in [-0.4, -0.2) is 0 Å². The number of hydrogen-bond donors (Lipinski definition) is 0. The van der Waals surface area contributed by atoms with Gasteiger partial charge in [0.05, 0.1) is 16.4 Å². The lowest BCUT2D eigenvalue weighted by molar-refractivity contribution is 0.590. The molecule has 0 unspecified atom stereocenters. The smallest absolute Gasteiger partial charge is 0.0887 e. The minimum atomic E-state index is 0.0518. The Hall–Kier alpha value is -4.01. The van der Waals surface area contributed by atoms with Crippen molar-refractivity contribution in [1.82, 2.24) is 0 Å². The Bertz CT molecular complexity index is 1670. The van der Waals surface area contributed by atoms with E-state index in [0.29, 0.717) is 5.02 Å². The summed E-state index contributed by atoms with van der Waals surface area (Å²) >= 11 is 7.76. The number of halogens is 1. The van der Waals surface area contributed by atoms with Crippen LogP contribution in [0.4, 0.5) is 34.1 Å². The monoisotopic (exact) mass is 698 g/mol. The van der Waals surface area contributed by atoms with Gasteiger partial charge in [0, 0.05) is 22.7 Å². The number of hydrogen-bond acceptors (Lipinski definition) is 2. The van der Waals surface area contributed by atoms with Gasteiger partial charge in [-0.05, 0) is 117 Å². The van der Waals surface area contributed by atoms with Gasteiger partial charge in [0.1, 0.15) is 0 Å².